The van der Waals surface area contributed by atoms with Crippen LogP contribution in [0.2, 0.25) is 0 Å². The molecule has 0 bridgehead atoms. The molecule has 2 aromatic heterocycles. The van der Waals surface area contributed by atoms with E-state index < -0.39 is 0 Å². The summed E-state index contributed by atoms with van der Waals surface area (Å²) in [5, 5.41) is 1.97. The van der Waals surface area contributed by atoms with Crippen LogP contribution in [0.1, 0.15) is 15.2 Å². The van der Waals surface area contributed by atoms with Crippen LogP contribution in [-0.4, -0.2) is 46.9 Å². The van der Waals surface area contributed by atoms with E-state index in [1.807, 2.05) is 40.9 Å². The Balaban J connectivity index is 1.36. The molecular weight excluding hydrogens is 294 g/mol. The number of amides is 1. The van der Waals surface area contributed by atoms with Crippen LogP contribution in [0.3, 0.4) is 0 Å². The summed E-state index contributed by atoms with van der Waals surface area (Å²) in [4.78, 5) is 22.0. The highest BCUT2D eigenvalue weighted by Gasteiger charge is 2.41. The van der Waals surface area contributed by atoms with E-state index in [1.165, 1.54) is 16.9 Å². The molecule has 114 valence electrons. The van der Waals surface area contributed by atoms with E-state index in [4.69, 9.17) is 0 Å². The summed E-state index contributed by atoms with van der Waals surface area (Å²) in [7, 11) is 0. The Bertz CT molecular complexity index is 629. The average molecular weight is 313 g/mol. The van der Waals surface area contributed by atoms with Gasteiger partial charge < -0.3 is 4.90 Å². The third-order valence-electron chi connectivity index (χ3n) is 4.71. The average Bonchev–Trinajstić information content (AvgIpc) is 3.23. The van der Waals surface area contributed by atoms with Gasteiger partial charge in [-0.15, -0.1) is 11.3 Å². The number of fused-ring (bicyclic) bond motifs is 1. The number of hydrogen-bond donors (Lipinski definition) is 0. The normalized spacial score (nSPS) is 24.6. The van der Waals surface area contributed by atoms with Gasteiger partial charge in [0, 0.05) is 45.1 Å². The van der Waals surface area contributed by atoms with Crippen molar-refractivity contribution < 1.29 is 4.79 Å². The quantitative estimate of drug-likeness (QED) is 0.873. The zero-order valence-electron chi connectivity index (χ0n) is 12.4. The first-order chi connectivity index (χ1) is 10.8. The molecule has 0 radical (unpaired) electrons. The van der Waals surface area contributed by atoms with Gasteiger partial charge in [0.1, 0.15) is 0 Å². The summed E-state index contributed by atoms with van der Waals surface area (Å²) in [6.45, 7) is 4.97. The molecule has 2 aliphatic rings. The number of pyridine rings is 1. The first-order valence-electron chi connectivity index (χ1n) is 7.73. The van der Waals surface area contributed by atoms with Crippen LogP contribution in [0.4, 0.5) is 0 Å². The third-order valence-corrected chi connectivity index (χ3v) is 5.57. The fraction of sp³-hybridized carbons (Fsp3) is 0.412. The molecule has 4 nitrogen and oxygen atoms in total. The van der Waals surface area contributed by atoms with Crippen molar-refractivity contribution in [3.63, 3.8) is 0 Å². The van der Waals surface area contributed by atoms with E-state index >= 15 is 0 Å². The SMILES string of the molecule is O=C(c1cccs1)N1C[C@H]2CN(Cc3cccnc3)C[C@@H]2C1. The number of carbonyl (C=O) groups is 1. The minimum atomic E-state index is 0.211. The number of rotatable bonds is 3. The number of thiophene rings is 1. The van der Waals surface area contributed by atoms with Crippen LogP contribution in [-0.2, 0) is 6.54 Å². The van der Waals surface area contributed by atoms with Crippen molar-refractivity contribution in [2.45, 2.75) is 6.54 Å². The van der Waals surface area contributed by atoms with Crippen LogP contribution >= 0.6 is 11.3 Å². The van der Waals surface area contributed by atoms with E-state index in [9.17, 15) is 4.79 Å². The van der Waals surface area contributed by atoms with Crippen molar-refractivity contribution in [1.82, 2.24) is 14.8 Å². The standard InChI is InChI=1S/C17H19N3OS/c21-17(16-4-2-6-22-16)20-11-14-9-19(10-15(14)12-20)8-13-3-1-5-18-7-13/h1-7,14-15H,8-12H2/t14-,15-/m1/s1. The maximum atomic E-state index is 12.4. The zero-order chi connectivity index (χ0) is 14.9. The van der Waals surface area contributed by atoms with Gasteiger partial charge in [0.05, 0.1) is 4.88 Å². The van der Waals surface area contributed by atoms with E-state index in [2.05, 4.69) is 16.0 Å². The van der Waals surface area contributed by atoms with E-state index in [0.29, 0.717) is 11.8 Å². The highest BCUT2D eigenvalue weighted by Crippen LogP contribution is 2.32. The Morgan fingerprint density at radius 1 is 1.18 bits per heavy atom. The van der Waals surface area contributed by atoms with E-state index in [1.54, 1.807) is 0 Å². The van der Waals surface area contributed by atoms with Crippen LogP contribution < -0.4 is 0 Å². The van der Waals surface area contributed by atoms with Crippen LogP contribution in [0.15, 0.2) is 42.0 Å². The molecule has 0 unspecified atom stereocenters. The highest BCUT2D eigenvalue weighted by molar-refractivity contribution is 7.12. The zero-order valence-corrected chi connectivity index (χ0v) is 13.2. The summed E-state index contributed by atoms with van der Waals surface area (Å²) in [5.74, 6) is 1.46. The van der Waals surface area contributed by atoms with Gasteiger partial charge in [-0.3, -0.25) is 14.7 Å². The Morgan fingerprint density at radius 2 is 2.00 bits per heavy atom. The number of nitrogens with zero attached hydrogens (tertiary/aromatic N) is 3. The second-order valence-corrected chi connectivity index (χ2v) is 7.21. The molecule has 1 amide bonds. The number of aromatic nitrogens is 1. The molecule has 2 fully saturated rings. The highest BCUT2D eigenvalue weighted by atomic mass is 32.1. The first kappa shape index (κ1) is 13.9. The topological polar surface area (TPSA) is 36.4 Å². The van der Waals surface area contributed by atoms with E-state index in [-0.39, 0.29) is 5.91 Å². The fourth-order valence-electron chi connectivity index (χ4n) is 3.69. The van der Waals surface area contributed by atoms with Crippen molar-refractivity contribution in [2.24, 2.45) is 11.8 Å². The van der Waals surface area contributed by atoms with Gasteiger partial charge in [-0.2, -0.15) is 0 Å². The molecule has 22 heavy (non-hydrogen) atoms. The maximum Gasteiger partial charge on any atom is 0.263 e. The molecule has 4 rings (SSSR count). The maximum absolute atomic E-state index is 12.4. The van der Waals surface area contributed by atoms with Gasteiger partial charge in [0.25, 0.3) is 5.91 Å². The molecule has 2 aromatic rings. The van der Waals surface area contributed by atoms with E-state index in [0.717, 1.165) is 37.6 Å². The Morgan fingerprint density at radius 3 is 2.64 bits per heavy atom. The molecule has 2 aliphatic heterocycles. The predicted octanol–water partition coefficient (Wildman–Crippen LogP) is 2.35. The van der Waals surface area contributed by atoms with Gasteiger partial charge in [0.15, 0.2) is 0 Å². The van der Waals surface area contributed by atoms with Gasteiger partial charge in [-0.05, 0) is 34.9 Å². The van der Waals surface area contributed by atoms with Crippen LogP contribution in [0, 0.1) is 11.8 Å². The van der Waals surface area contributed by atoms with Gasteiger partial charge in [0.2, 0.25) is 0 Å². The summed E-state index contributed by atoms with van der Waals surface area (Å²) in [6.07, 6.45) is 3.76. The molecule has 2 saturated heterocycles. The first-order valence-corrected chi connectivity index (χ1v) is 8.61. The summed E-state index contributed by atoms with van der Waals surface area (Å²) < 4.78 is 0. The van der Waals surface area contributed by atoms with Crippen molar-refractivity contribution in [3.05, 3.63) is 52.5 Å². The molecule has 0 aromatic carbocycles. The minimum Gasteiger partial charge on any atom is -0.337 e. The number of likely N-dealkylation sites (tertiary alicyclic amines) is 2. The van der Waals surface area contributed by atoms with Crippen LogP contribution in [0.5, 0.6) is 0 Å². The Kier molecular flexibility index (Phi) is 3.68. The van der Waals surface area contributed by atoms with Crippen LogP contribution in [0.25, 0.3) is 0 Å². The molecule has 0 N–H and O–H groups in total. The van der Waals surface area contributed by atoms with Gasteiger partial charge in [-0.1, -0.05) is 12.1 Å². The molecule has 0 saturated carbocycles. The Hall–Kier alpha value is -1.72. The molecule has 0 aliphatic carbocycles. The molecule has 2 atom stereocenters. The van der Waals surface area contributed by atoms with Gasteiger partial charge >= 0.3 is 0 Å². The number of carbonyl (C=O) groups excluding carboxylic acids is 1. The summed E-state index contributed by atoms with van der Waals surface area (Å²) in [5.41, 5.74) is 1.27. The van der Waals surface area contributed by atoms with Crippen molar-refractivity contribution in [2.75, 3.05) is 26.2 Å². The smallest absolute Gasteiger partial charge is 0.263 e. The second-order valence-electron chi connectivity index (χ2n) is 6.26. The molecule has 4 heterocycles. The monoisotopic (exact) mass is 313 g/mol. The van der Waals surface area contributed by atoms with Crippen molar-refractivity contribution in [3.8, 4) is 0 Å². The summed E-state index contributed by atoms with van der Waals surface area (Å²) in [6, 6.07) is 8.00. The largest absolute Gasteiger partial charge is 0.337 e. The molecular formula is C17H19N3OS. The number of hydrogen-bond acceptors (Lipinski definition) is 4. The van der Waals surface area contributed by atoms with Gasteiger partial charge in [-0.25, -0.2) is 0 Å². The Labute approximate surface area is 134 Å². The van der Waals surface area contributed by atoms with Crippen molar-refractivity contribution >= 4 is 17.2 Å². The second kappa shape index (κ2) is 5.82. The lowest BCUT2D eigenvalue weighted by Gasteiger charge is -2.21. The fourth-order valence-corrected chi connectivity index (χ4v) is 4.38. The minimum absolute atomic E-state index is 0.211. The lowest BCUT2D eigenvalue weighted by Crippen LogP contribution is -2.32. The van der Waals surface area contributed by atoms with Crippen molar-refractivity contribution in [1.29, 1.82) is 0 Å². The lowest BCUT2D eigenvalue weighted by atomic mass is 10.0. The molecule has 5 heteroatoms. The predicted molar refractivity (Wildman–Crippen MR) is 86.7 cm³/mol. The lowest BCUT2D eigenvalue weighted by molar-refractivity contribution is 0.0778. The summed E-state index contributed by atoms with van der Waals surface area (Å²) >= 11 is 1.54. The third kappa shape index (κ3) is 2.66. The molecule has 0 spiro atoms.